The van der Waals surface area contributed by atoms with Crippen LogP contribution in [0.3, 0.4) is 0 Å². The Morgan fingerprint density at radius 1 is 1.00 bits per heavy atom. The second-order valence-electron chi connectivity index (χ2n) is 5.44. The number of halogens is 2. The number of rotatable bonds is 4. The molecule has 2 aromatic carbocycles. The molecule has 4 nitrogen and oxygen atoms in total. The molecular formula is C19H14F2N2O2. The van der Waals surface area contributed by atoms with Gasteiger partial charge in [-0.05, 0) is 30.3 Å². The van der Waals surface area contributed by atoms with Gasteiger partial charge in [0.1, 0.15) is 11.6 Å². The third-order valence-electron chi connectivity index (χ3n) is 3.63. The van der Waals surface area contributed by atoms with Crippen LogP contribution in [0.25, 0.3) is 0 Å². The van der Waals surface area contributed by atoms with Gasteiger partial charge in [-0.1, -0.05) is 24.3 Å². The largest absolute Gasteiger partial charge is 0.322 e. The monoisotopic (exact) mass is 340 g/mol. The highest BCUT2D eigenvalue weighted by Crippen LogP contribution is 2.12. The first-order valence-electron chi connectivity index (χ1n) is 7.54. The SMILES string of the molecule is O=C(Nc1cccc(F)c1)c1ccc(=O)n(Cc2ccccc2F)c1. The number of hydrogen-bond donors (Lipinski definition) is 1. The summed E-state index contributed by atoms with van der Waals surface area (Å²) in [5.74, 6) is -1.39. The van der Waals surface area contributed by atoms with E-state index in [4.69, 9.17) is 0 Å². The number of carbonyl (C=O) groups is 1. The predicted molar refractivity (Wildman–Crippen MR) is 90.6 cm³/mol. The van der Waals surface area contributed by atoms with Crippen molar-refractivity contribution >= 4 is 11.6 Å². The molecule has 0 bridgehead atoms. The van der Waals surface area contributed by atoms with E-state index in [1.54, 1.807) is 24.3 Å². The molecule has 0 radical (unpaired) electrons. The van der Waals surface area contributed by atoms with Crippen LogP contribution in [0.2, 0.25) is 0 Å². The van der Waals surface area contributed by atoms with Crippen LogP contribution in [0.15, 0.2) is 71.7 Å². The second kappa shape index (κ2) is 7.09. The number of aromatic nitrogens is 1. The van der Waals surface area contributed by atoms with E-state index in [0.717, 1.165) is 0 Å². The van der Waals surface area contributed by atoms with Crippen molar-refractivity contribution in [1.82, 2.24) is 4.57 Å². The summed E-state index contributed by atoms with van der Waals surface area (Å²) in [6, 6.07) is 14.2. The average Bonchev–Trinajstić information content (AvgIpc) is 2.58. The molecule has 0 saturated carbocycles. The Balaban J connectivity index is 1.85. The minimum absolute atomic E-state index is 0.00654. The molecule has 0 aliphatic carbocycles. The number of benzene rings is 2. The normalized spacial score (nSPS) is 10.5. The zero-order valence-electron chi connectivity index (χ0n) is 13.1. The fraction of sp³-hybridized carbons (Fsp3) is 0.0526. The molecule has 0 atom stereocenters. The Morgan fingerprint density at radius 2 is 1.80 bits per heavy atom. The highest BCUT2D eigenvalue weighted by Gasteiger charge is 2.10. The van der Waals surface area contributed by atoms with E-state index in [1.165, 1.54) is 47.2 Å². The van der Waals surface area contributed by atoms with E-state index in [9.17, 15) is 18.4 Å². The summed E-state index contributed by atoms with van der Waals surface area (Å²) in [6.07, 6.45) is 1.35. The molecule has 25 heavy (non-hydrogen) atoms. The first-order chi connectivity index (χ1) is 12.0. The van der Waals surface area contributed by atoms with Gasteiger partial charge in [-0.15, -0.1) is 0 Å². The van der Waals surface area contributed by atoms with Crippen molar-refractivity contribution in [1.29, 1.82) is 0 Å². The molecule has 6 heteroatoms. The van der Waals surface area contributed by atoms with Crippen molar-refractivity contribution in [3.8, 4) is 0 Å². The second-order valence-corrected chi connectivity index (χ2v) is 5.44. The summed E-state index contributed by atoms with van der Waals surface area (Å²) in [5, 5.41) is 2.55. The predicted octanol–water partition coefficient (Wildman–Crippen LogP) is 3.43. The molecule has 1 heterocycles. The van der Waals surface area contributed by atoms with Gasteiger partial charge in [0.25, 0.3) is 11.5 Å². The lowest BCUT2D eigenvalue weighted by molar-refractivity contribution is 0.102. The standard InChI is InChI=1S/C19H14F2N2O2/c20-15-5-3-6-16(10-15)22-19(25)14-8-9-18(24)23(12-14)11-13-4-1-2-7-17(13)21/h1-10,12H,11H2,(H,22,25). The van der Waals surface area contributed by atoms with Crippen LogP contribution in [0.4, 0.5) is 14.5 Å². The topological polar surface area (TPSA) is 51.1 Å². The van der Waals surface area contributed by atoms with E-state index in [-0.39, 0.29) is 17.7 Å². The highest BCUT2D eigenvalue weighted by atomic mass is 19.1. The molecule has 3 aromatic rings. The van der Waals surface area contributed by atoms with Crippen LogP contribution >= 0.6 is 0 Å². The van der Waals surface area contributed by atoms with E-state index >= 15 is 0 Å². The lowest BCUT2D eigenvalue weighted by Gasteiger charge is -2.10. The van der Waals surface area contributed by atoms with Gasteiger partial charge in [0.2, 0.25) is 0 Å². The lowest BCUT2D eigenvalue weighted by atomic mass is 10.2. The van der Waals surface area contributed by atoms with Crippen LogP contribution in [-0.4, -0.2) is 10.5 Å². The van der Waals surface area contributed by atoms with Crippen molar-refractivity contribution in [3.63, 3.8) is 0 Å². The molecular weight excluding hydrogens is 326 g/mol. The maximum Gasteiger partial charge on any atom is 0.257 e. The summed E-state index contributed by atoms with van der Waals surface area (Å²) in [7, 11) is 0. The first-order valence-corrected chi connectivity index (χ1v) is 7.54. The minimum atomic E-state index is -0.493. The Morgan fingerprint density at radius 3 is 2.56 bits per heavy atom. The quantitative estimate of drug-likeness (QED) is 0.791. The van der Waals surface area contributed by atoms with Crippen LogP contribution in [-0.2, 0) is 6.54 Å². The van der Waals surface area contributed by atoms with Crippen LogP contribution in [0.5, 0.6) is 0 Å². The van der Waals surface area contributed by atoms with Gasteiger partial charge in [0.15, 0.2) is 0 Å². The van der Waals surface area contributed by atoms with Crippen molar-refractivity contribution in [3.05, 3.63) is 100.0 Å². The summed E-state index contributed by atoms with van der Waals surface area (Å²) in [4.78, 5) is 24.3. The number of carbonyl (C=O) groups excluding carboxylic acids is 1. The molecule has 0 unspecified atom stereocenters. The summed E-state index contributed by atoms with van der Waals surface area (Å²) in [5.41, 5.74) is 0.495. The maximum absolute atomic E-state index is 13.8. The van der Waals surface area contributed by atoms with Crippen LogP contribution in [0.1, 0.15) is 15.9 Å². The third-order valence-corrected chi connectivity index (χ3v) is 3.63. The number of nitrogens with one attached hydrogen (secondary N) is 1. The van der Waals surface area contributed by atoms with E-state index in [0.29, 0.717) is 11.3 Å². The number of amides is 1. The van der Waals surface area contributed by atoms with Crippen molar-refractivity contribution in [2.45, 2.75) is 6.54 Å². The average molecular weight is 340 g/mol. The Labute approximate surface area is 142 Å². The Hall–Kier alpha value is -3.28. The van der Waals surface area contributed by atoms with Gasteiger partial charge >= 0.3 is 0 Å². The molecule has 1 N–H and O–H groups in total. The molecule has 0 spiro atoms. The molecule has 0 aliphatic heterocycles. The number of nitrogens with zero attached hydrogens (tertiary/aromatic N) is 1. The van der Waals surface area contributed by atoms with E-state index in [2.05, 4.69) is 5.32 Å². The zero-order valence-corrected chi connectivity index (χ0v) is 13.1. The Bertz CT molecular complexity index is 983. The van der Waals surface area contributed by atoms with Gasteiger partial charge in [-0.2, -0.15) is 0 Å². The molecule has 1 aromatic heterocycles. The van der Waals surface area contributed by atoms with E-state index in [1.807, 2.05) is 0 Å². The molecule has 126 valence electrons. The van der Waals surface area contributed by atoms with Gasteiger partial charge in [0.05, 0.1) is 12.1 Å². The van der Waals surface area contributed by atoms with Crippen molar-refractivity contribution in [2.24, 2.45) is 0 Å². The maximum atomic E-state index is 13.8. The van der Waals surface area contributed by atoms with Gasteiger partial charge in [0, 0.05) is 23.5 Å². The summed E-state index contributed by atoms with van der Waals surface area (Å²) < 4.78 is 28.2. The van der Waals surface area contributed by atoms with Gasteiger partial charge < -0.3 is 9.88 Å². The molecule has 0 saturated heterocycles. The third kappa shape index (κ3) is 3.98. The molecule has 3 rings (SSSR count). The Kier molecular flexibility index (Phi) is 4.70. The molecule has 0 aliphatic rings. The fourth-order valence-corrected chi connectivity index (χ4v) is 2.37. The van der Waals surface area contributed by atoms with Crippen molar-refractivity contribution in [2.75, 3.05) is 5.32 Å². The fourth-order valence-electron chi connectivity index (χ4n) is 2.37. The van der Waals surface area contributed by atoms with Gasteiger partial charge in [-0.25, -0.2) is 8.78 Å². The lowest BCUT2D eigenvalue weighted by Crippen LogP contribution is -2.23. The van der Waals surface area contributed by atoms with E-state index < -0.39 is 17.5 Å². The van der Waals surface area contributed by atoms with Crippen molar-refractivity contribution < 1.29 is 13.6 Å². The highest BCUT2D eigenvalue weighted by molar-refractivity contribution is 6.04. The summed E-state index contributed by atoms with van der Waals surface area (Å²) in [6.45, 7) is 0.00654. The molecule has 0 fully saturated rings. The minimum Gasteiger partial charge on any atom is -0.322 e. The number of anilines is 1. The number of pyridine rings is 1. The number of hydrogen-bond acceptors (Lipinski definition) is 2. The zero-order chi connectivity index (χ0) is 17.8. The summed E-state index contributed by atoms with van der Waals surface area (Å²) >= 11 is 0. The molecule has 1 amide bonds. The van der Waals surface area contributed by atoms with Crippen LogP contribution < -0.4 is 10.9 Å². The van der Waals surface area contributed by atoms with Gasteiger partial charge in [-0.3, -0.25) is 9.59 Å². The van der Waals surface area contributed by atoms with Crippen LogP contribution in [0, 0.1) is 11.6 Å². The smallest absolute Gasteiger partial charge is 0.257 e. The first kappa shape index (κ1) is 16.6.